The second kappa shape index (κ2) is 6.92. The van der Waals surface area contributed by atoms with Crippen LogP contribution in [0.3, 0.4) is 0 Å². The molecule has 3 aliphatic heterocycles. The number of nitrogens with one attached hydrogen (secondary N) is 1. The second-order valence-corrected chi connectivity index (χ2v) is 9.63. The molecule has 3 aliphatic rings. The molecular weight excluding hydrogens is 424 g/mol. The van der Waals surface area contributed by atoms with Crippen molar-refractivity contribution in [1.82, 2.24) is 19.4 Å². The number of carbonyl (C=O) groups is 1. The average Bonchev–Trinajstić information content (AvgIpc) is 3.54. The molecule has 0 saturated carbocycles. The quantitative estimate of drug-likeness (QED) is 0.450. The first kappa shape index (κ1) is 19.3. The fraction of sp³-hybridized carbons (Fsp3) is 0.222. The van der Waals surface area contributed by atoms with Gasteiger partial charge in [0.25, 0.3) is 0 Å². The van der Waals surface area contributed by atoms with Crippen LogP contribution in [0, 0.1) is 16.7 Å². The molecule has 2 fully saturated rings. The average molecular weight is 447 g/mol. The summed E-state index contributed by atoms with van der Waals surface area (Å²) in [4.78, 5) is 19.5. The lowest BCUT2D eigenvalue weighted by atomic mass is 9.81. The molecule has 1 amide bonds. The Morgan fingerprint density at radius 3 is 2.65 bits per heavy atom. The number of anilines is 1. The Labute approximate surface area is 196 Å². The Morgan fingerprint density at radius 1 is 1.06 bits per heavy atom. The third-order valence-corrected chi connectivity index (χ3v) is 7.41. The van der Waals surface area contributed by atoms with E-state index >= 15 is 0 Å². The van der Waals surface area contributed by atoms with Crippen LogP contribution in [0.25, 0.3) is 28.3 Å². The van der Waals surface area contributed by atoms with Gasteiger partial charge in [-0.15, -0.1) is 0 Å². The summed E-state index contributed by atoms with van der Waals surface area (Å²) in [5.41, 5.74) is 7.15. The molecule has 7 rings (SSSR count). The number of amides is 1. The van der Waals surface area contributed by atoms with Crippen molar-refractivity contribution in [3.63, 3.8) is 0 Å². The van der Waals surface area contributed by atoms with Crippen molar-refractivity contribution >= 4 is 11.6 Å². The molecule has 2 aromatic carbocycles. The minimum Gasteiger partial charge on any atom is -0.340 e. The molecule has 7 nitrogen and oxygen atoms in total. The lowest BCUT2D eigenvalue weighted by Crippen LogP contribution is -2.54. The normalized spacial score (nSPS) is 17.5. The fourth-order valence-electron chi connectivity index (χ4n) is 5.54. The maximum Gasteiger partial charge on any atom is 0.227 e. The van der Waals surface area contributed by atoms with Gasteiger partial charge in [-0.05, 0) is 47.5 Å². The van der Waals surface area contributed by atoms with Crippen LogP contribution < -0.4 is 10.2 Å². The van der Waals surface area contributed by atoms with Crippen molar-refractivity contribution < 1.29 is 4.79 Å². The van der Waals surface area contributed by atoms with Gasteiger partial charge >= 0.3 is 0 Å². The second-order valence-electron chi connectivity index (χ2n) is 9.63. The highest BCUT2D eigenvalue weighted by atomic mass is 16.2. The molecule has 0 bridgehead atoms. The van der Waals surface area contributed by atoms with Crippen LogP contribution in [-0.4, -0.2) is 39.7 Å². The highest BCUT2D eigenvalue weighted by molar-refractivity contribution is 5.97. The largest absolute Gasteiger partial charge is 0.340 e. The van der Waals surface area contributed by atoms with E-state index in [4.69, 9.17) is 5.26 Å². The molecule has 2 aromatic heterocycles. The molecule has 34 heavy (non-hydrogen) atoms. The first-order valence-corrected chi connectivity index (χ1v) is 11.5. The van der Waals surface area contributed by atoms with Gasteiger partial charge in [0.1, 0.15) is 0 Å². The summed E-state index contributed by atoms with van der Waals surface area (Å²) >= 11 is 0. The smallest absolute Gasteiger partial charge is 0.227 e. The van der Waals surface area contributed by atoms with E-state index in [0.29, 0.717) is 18.5 Å². The summed E-state index contributed by atoms with van der Waals surface area (Å²) in [5.74, 6) is 1.10. The highest BCUT2D eigenvalue weighted by Gasteiger charge is 2.47. The molecule has 4 aromatic rings. The van der Waals surface area contributed by atoms with Gasteiger partial charge in [0.2, 0.25) is 5.91 Å². The maximum absolute atomic E-state index is 12.8. The molecule has 0 radical (unpaired) electrons. The topological polar surface area (TPSA) is 78.9 Å². The van der Waals surface area contributed by atoms with E-state index in [-0.39, 0.29) is 11.3 Å². The molecule has 166 valence electrons. The van der Waals surface area contributed by atoms with Gasteiger partial charge in [-0.1, -0.05) is 12.1 Å². The molecule has 0 aliphatic carbocycles. The van der Waals surface area contributed by atoms with Crippen molar-refractivity contribution in [2.75, 3.05) is 24.5 Å². The summed E-state index contributed by atoms with van der Waals surface area (Å²) in [6.07, 6.45) is 6.59. The predicted octanol–water partition coefficient (Wildman–Crippen LogP) is 3.57. The number of hydrogen-bond acceptors (Lipinski definition) is 4. The molecule has 2 saturated heterocycles. The van der Waals surface area contributed by atoms with Crippen molar-refractivity contribution in [3.8, 4) is 34.4 Å². The van der Waals surface area contributed by atoms with Crippen molar-refractivity contribution in [3.05, 3.63) is 78.2 Å². The van der Waals surface area contributed by atoms with E-state index in [9.17, 15) is 4.79 Å². The lowest BCUT2D eigenvalue weighted by molar-refractivity contribution is -0.118. The van der Waals surface area contributed by atoms with Gasteiger partial charge < -0.3 is 14.8 Å². The van der Waals surface area contributed by atoms with Gasteiger partial charge in [0.15, 0.2) is 5.82 Å². The van der Waals surface area contributed by atoms with Crippen molar-refractivity contribution in [2.24, 2.45) is 5.41 Å². The summed E-state index contributed by atoms with van der Waals surface area (Å²) in [6.45, 7) is 3.31. The summed E-state index contributed by atoms with van der Waals surface area (Å²) in [6, 6.07) is 18.3. The van der Waals surface area contributed by atoms with E-state index in [2.05, 4.69) is 56.0 Å². The highest BCUT2D eigenvalue weighted by Crippen LogP contribution is 2.40. The monoisotopic (exact) mass is 446 g/mol. The van der Waals surface area contributed by atoms with E-state index in [0.717, 1.165) is 59.2 Å². The minimum atomic E-state index is 0.102. The van der Waals surface area contributed by atoms with Gasteiger partial charge in [0, 0.05) is 67.9 Å². The number of carbonyl (C=O) groups excluding carboxylic acids is 1. The van der Waals surface area contributed by atoms with Gasteiger partial charge in [-0.25, -0.2) is 4.98 Å². The Morgan fingerprint density at radius 2 is 1.91 bits per heavy atom. The molecule has 1 N–H and O–H groups in total. The van der Waals surface area contributed by atoms with Crippen LogP contribution in [-0.2, 0) is 11.3 Å². The van der Waals surface area contributed by atoms with Crippen LogP contribution in [0.5, 0.6) is 0 Å². The molecule has 7 heteroatoms. The maximum atomic E-state index is 12.8. The first-order valence-electron chi connectivity index (χ1n) is 11.5. The summed E-state index contributed by atoms with van der Waals surface area (Å²) < 4.78 is 4.36. The fourth-order valence-corrected chi connectivity index (χ4v) is 5.54. The molecule has 5 heterocycles. The van der Waals surface area contributed by atoms with E-state index in [1.807, 2.05) is 41.6 Å². The predicted molar refractivity (Wildman–Crippen MR) is 129 cm³/mol. The first-order chi connectivity index (χ1) is 16.6. The molecule has 0 unspecified atom stereocenters. The Bertz CT molecular complexity index is 1500. The number of aromatic nitrogens is 3. The third-order valence-electron chi connectivity index (χ3n) is 7.41. The Balaban J connectivity index is 1.30. The van der Waals surface area contributed by atoms with Crippen LogP contribution >= 0.6 is 0 Å². The van der Waals surface area contributed by atoms with Gasteiger partial charge in [0.05, 0.1) is 23.0 Å². The van der Waals surface area contributed by atoms with Crippen molar-refractivity contribution in [2.45, 2.75) is 13.0 Å². The number of nitrogens with zero attached hydrogens (tertiary/aromatic N) is 5. The van der Waals surface area contributed by atoms with Crippen LogP contribution in [0.15, 0.2) is 67.1 Å². The van der Waals surface area contributed by atoms with Crippen molar-refractivity contribution in [1.29, 1.82) is 5.26 Å². The zero-order valence-electron chi connectivity index (χ0n) is 18.5. The Hall–Kier alpha value is -4.15. The molecular formula is C27H22N6O. The van der Waals surface area contributed by atoms with E-state index in [1.165, 1.54) is 0 Å². The van der Waals surface area contributed by atoms with E-state index < -0.39 is 0 Å². The summed E-state index contributed by atoms with van der Waals surface area (Å²) in [7, 11) is 0. The van der Waals surface area contributed by atoms with Gasteiger partial charge in [-0.2, -0.15) is 5.26 Å². The Kier molecular flexibility index (Phi) is 3.94. The van der Waals surface area contributed by atoms with Gasteiger partial charge in [-0.3, -0.25) is 9.36 Å². The van der Waals surface area contributed by atoms with E-state index in [1.54, 1.807) is 0 Å². The van der Waals surface area contributed by atoms with Crippen LogP contribution in [0.1, 0.15) is 17.5 Å². The SMILES string of the molecule is N#Cc1ccc(-c2cc3n(c2)Cc2cc(N4CC5(CNC5)CC4=O)ccc2-n2ccnc2-3)cc1. The number of imidazole rings is 1. The summed E-state index contributed by atoms with van der Waals surface area (Å²) in [5, 5.41) is 12.4. The number of fused-ring (bicyclic) bond motifs is 5. The molecule has 0 atom stereocenters. The minimum absolute atomic E-state index is 0.102. The molecule has 1 spiro atoms. The zero-order chi connectivity index (χ0) is 22.9. The standard InChI is InChI=1S/C27H22N6O/c28-12-18-1-3-19(4-2-18)20-10-24-26-30-7-8-32(26)23-6-5-22(9-21(23)14-31(24)13-20)33-17-27(11-25(33)34)15-29-16-27/h1-10,13,29H,11,14-17H2. The third kappa shape index (κ3) is 2.79. The van der Waals surface area contributed by atoms with Crippen LogP contribution in [0.2, 0.25) is 0 Å². The number of rotatable bonds is 2. The number of hydrogen-bond donors (Lipinski definition) is 1. The lowest BCUT2D eigenvalue weighted by Gasteiger charge is -2.38. The zero-order valence-corrected chi connectivity index (χ0v) is 18.5. The number of benzene rings is 2. The number of nitriles is 1. The van der Waals surface area contributed by atoms with Crippen LogP contribution in [0.4, 0.5) is 5.69 Å².